The Morgan fingerprint density at radius 2 is 2.05 bits per heavy atom. The van der Waals surface area contributed by atoms with E-state index >= 15 is 0 Å². The molecule has 1 aromatic heterocycles. The van der Waals surface area contributed by atoms with Crippen molar-refractivity contribution in [3.05, 3.63) is 36.4 Å². The van der Waals surface area contributed by atoms with Crippen LogP contribution in [0.1, 0.15) is 25.5 Å². The van der Waals surface area contributed by atoms with Gasteiger partial charge in [0.2, 0.25) is 0 Å². The van der Waals surface area contributed by atoms with Crippen molar-refractivity contribution in [1.29, 1.82) is 0 Å². The highest BCUT2D eigenvalue weighted by atomic mass is 16.6. The lowest BCUT2D eigenvalue weighted by molar-refractivity contribution is 0.171. The molecule has 1 N–H and O–H groups in total. The maximum Gasteiger partial charge on any atom is 0.161 e. The topological polar surface area (TPSA) is 61.2 Å². The van der Waals surface area contributed by atoms with Crippen LogP contribution in [-0.2, 0) is 6.54 Å². The van der Waals surface area contributed by atoms with Crippen LogP contribution >= 0.6 is 0 Å². The van der Waals surface area contributed by atoms with Gasteiger partial charge in [-0.1, -0.05) is 6.07 Å². The van der Waals surface area contributed by atoms with Gasteiger partial charge in [0.25, 0.3) is 0 Å². The molecule has 21 heavy (non-hydrogen) atoms. The van der Waals surface area contributed by atoms with Crippen LogP contribution in [-0.4, -0.2) is 34.0 Å². The SMILES string of the molecule is C[C@H](N[C@@H](C)Cn1cncn1)c1ccc2c(c1)OCCO2. The minimum absolute atomic E-state index is 0.222. The van der Waals surface area contributed by atoms with Crippen LogP contribution in [0.3, 0.4) is 0 Å². The van der Waals surface area contributed by atoms with E-state index in [1.165, 1.54) is 5.56 Å². The Balaban J connectivity index is 1.63. The summed E-state index contributed by atoms with van der Waals surface area (Å²) in [6.07, 6.45) is 3.28. The number of benzene rings is 1. The van der Waals surface area contributed by atoms with Crippen molar-refractivity contribution < 1.29 is 9.47 Å². The smallest absolute Gasteiger partial charge is 0.161 e. The van der Waals surface area contributed by atoms with E-state index in [9.17, 15) is 0 Å². The minimum Gasteiger partial charge on any atom is -0.486 e. The Bertz CT molecular complexity index is 585. The largest absolute Gasteiger partial charge is 0.486 e. The summed E-state index contributed by atoms with van der Waals surface area (Å²) in [5.41, 5.74) is 1.18. The van der Waals surface area contributed by atoms with Gasteiger partial charge in [-0.05, 0) is 31.5 Å². The van der Waals surface area contributed by atoms with E-state index in [2.05, 4.69) is 35.3 Å². The van der Waals surface area contributed by atoms with E-state index in [0.717, 1.165) is 18.0 Å². The van der Waals surface area contributed by atoms with Crippen molar-refractivity contribution in [2.24, 2.45) is 0 Å². The molecule has 2 heterocycles. The van der Waals surface area contributed by atoms with Crippen LogP contribution in [0.2, 0.25) is 0 Å². The first-order valence-corrected chi connectivity index (χ1v) is 7.20. The molecule has 0 aliphatic carbocycles. The van der Waals surface area contributed by atoms with Crippen LogP contribution in [0.25, 0.3) is 0 Å². The monoisotopic (exact) mass is 288 g/mol. The third-order valence-electron chi connectivity index (χ3n) is 3.53. The molecule has 0 amide bonds. The van der Waals surface area contributed by atoms with Gasteiger partial charge in [-0.25, -0.2) is 4.98 Å². The van der Waals surface area contributed by atoms with Gasteiger partial charge in [0.05, 0.1) is 6.54 Å². The van der Waals surface area contributed by atoms with E-state index in [0.29, 0.717) is 13.2 Å². The van der Waals surface area contributed by atoms with Crippen LogP contribution in [0.4, 0.5) is 0 Å². The molecule has 0 spiro atoms. The first-order valence-electron chi connectivity index (χ1n) is 7.20. The molecule has 2 aromatic rings. The fourth-order valence-corrected chi connectivity index (χ4v) is 2.51. The first-order chi connectivity index (χ1) is 10.2. The maximum atomic E-state index is 5.63. The molecule has 112 valence electrons. The number of aromatic nitrogens is 3. The molecule has 1 aliphatic rings. The second-order valence-corrected chi connectivity index (χ2v) is 5.31. The Morgan fingerprint density at radius 3 is 2.81 bits per heavy atom. The average Bonchev–Trinajstić information content (AvgIpc) is 2.99. The van der Waals surface area contributed by atoms with Gasteiger partial charge in [0.1, 0.15) is 25.9 Å². The van der Waals surface area contributed by atoms with Gasteiger partial charge >= 0.3 is 0 Å². The summed E-state index contributed by atoms with van der Waals surface area (Å²) in [5.74, 6) is 1.66. The number of nitrogens with one attached hydrogen (secondary N) is 1. The third kappa shape index (κ3) is 3.33. The standard InChI is InChI=1S/C15H20N4O2/c1-11(8-19-10-16-9-17-19)18-12(2)13-3-4-14-15(7-13)21-6-5-20-14/h3-4,7,9-12,18H,5-6,8H2,1-2H3/t11-,12-/m0/s1. The van der Waals surface area contributed by atoms with Gasteiger partial charge in [-0.2, -0.15) is 5.10 Å². The van der Waals surface area contributed by atoms with Crippen LogP contribution in [0.5, 0.6) is 11.5 Å². The van der Waals surface area contributed by atoms with Crippen molar-refractivity contribution in [3.8, 4) is 11.5 Å². The normalized spacial score (nSPS) is 16.5. The van der Waals surface area contributed by atoms with Crippen molar-refractivity contribution >= 4 is 0 Å². The summed E-state index contributed by atoms with van der Waals surface area (Å²) in [6.45, 7) is 6.30. The van der Waals surface area contributed by atoms with E-state index in [-0.39, 0.29) is 12.1 Å². The Hall–Kier alpha value is -2.08. The lowest BCUT2D eigenvalue weighted by Gasteiger charge is -2.23. The predicted octanol–water partition coefficient (Wildman–Crippen LogP) is 1.79. The van der Waals surface area contributed by atoms with E-state index < -0.39 is 0 Å². The molecule has 1 aromatic carbocycles. The molecule has 3 rings (SSSR count). The molecule has 2 atom stereocenters. The molecule has 1 aliphatic heterocycles. The molecule has 0 radical (unpaired) electrons. The number of ether oxygens (including phenoxy) is 2. The Labute approximate surface area is 124 Å². The van der Waals surface area contributed by atoms with Gasteiger partial charge < -0.3 is 14.8 Å². The fourth-order valence-electron chi connectivity index (χ4n) is 2.51. The third-order valence-corrected chi connectivity index (χ3v) is 3.53. The summed E-state index contributed by atoms with van der Waals surface area (Å²) in [5, 5.41) is 7.68. The lowest BCUT2D eigenvalue weighted by Crippen LogP contribution is -2.32. The number of hydrogen-bond acceptors (Lipinski definition) is 5. The minimum atomic E-state index is 0.222. The lowest BCUT2D eigenvalue weighted by atomic mass is 10.1. The molecule has 0 saturated heterocycles. The second-order valence-electron chi connectivity index (χ2n) is 5.31. The summed E-state index contributed by atoms with van der Waals surface area (Å²) >= 11 is 0. The molecule has 6 heteroatoms. The number of rotatable bonds is 5. The van der Waals surface area contributed by atoms with Crippen molar-refractivity contribution in [3.63, 3.8) is 0 Å². The number of hydrogen-bond donors (Lipinski definition) is 1. The molecular weight excluding hydrogens is 268 g/mol. The van der Waals surface area contributed by atoms with Crippen molar-refractivity contribution in [2.75, 3.05) is 13.2 Å². The van der Waals surface area contributed by atoms with Crippen LogP contribution in [0, 0.1) is 0 Å². The van der Waals surface area contributed by atoms with Crippen LogP contribution < -0.4 is 14.8 Å². The highest BCUT2D eigenvalue weighted by Gasteiger charge is 2.15. The van der Waals surface area contributed by atoms with Gasteiger partial charge in [-0.15, -0.1) is 0 Å². The molecular formula is C15H20N4O2. The van der Waals surface area contributed by atoms with Crippen molar-refractivity contribution in [1.82, 2.24) is 20.1 Å². The zero-order valence-electron chi connectivity index (χ0n) is 12.3. The van der Waals surface area contributed by atoms with Crippen LogP contribution in [0.15, 0.2) is 30.9 Å². The Kier molecular flexibility index (Phi) is 4.06. The van der Waals surface area contributed by atoms with Gasteiger partial charge in [-0.3, -0.25) is 4.68 Å². The summed E-state index contributed by atoms with van der Waals surface area (Å²) in [7, 11) is 0. The highest BCUT2D eigenvalue weighted by Crippen LogP contribution is 2.32. The predicted molar refractivity (Wildman–Crippen MR) is 78.5 cm³/mol. The molecule has 0 bridgehead atoms. The summed E-state index contributed by atoms with van der Waals surface area (Å²) < 4.78 is 13.0. The molecule has 0 saturated carbocycles. The summed E-state index contributed by atoms with van der Waals surface area (Å²) in [4.78, 5) is 3.95. The Morgan fingerprint density at radius 1 is 1.24 bits per heavy atom. The summed E-state index contributed by atoms with van der Waals surface area (Å²) in [6, 6.07) is 6.61. The first kappa shape index (κ1) is 13.9. The molecule has 6 nitrogen and oxygen atoms in total. The quantitative estimate of drug-likeness (QED) is 0.909. The molecule has 0 fully saturated rings. The number of fused-ring (bicyclic) bond motifs is 1. The van der Waals surface area contributed by atoms with Gasteiger partial charge in [0, 0.05) is 12.1 Å². The highest BCUT2D eigenvalue weighted by molar-refractivity contribution is 5.44. The average molecular weight is 288 g/mol. The zero-order valence-corrected chi connectivity index (χ0v) is 12.3. The van der Waals surface area contributed by atoms with Crippen molar-refractivity contribution in [2.45, 2.75) is 32.5 Å². The van der Waals surface area contributed by atoms with E-state index in [1.807, 2.05) is 16.8 Å². The number of nitrogens with zero attached hydrogens (tertiary/aromatic N) is 3. The fraction of sp³-hybridized carbons (Fsp3) is 0.467. The maximum absolute atomic E-state index is 5.63. The van der Waals surface area contributed by atoms with E-state index in [1.54, 1.807) is 12.7 Å². The van der Waals surface area contributed by atoms with Gasteiger partial charge in [0.15, 0.2) is 11.5 Å². The second kappa shape index (κ2) is 6.13. The van der Waals surface area contributed by atoms with E-state index in [4.69, 9.17) is 9.47 Å². The zero-order chi connectivity index (χ0) is 14.7. The molecule has 0 unspecified atom stereocenters.